The summed E-state index contributed by atoms with van der Waals surface area (Å²) < 4.78 is 0. The van der Waals surface area contributed by atoms with Crippen molar-refractivity contribution >= 4 is 0 Å². The molecule has 0 bridgehead atoms. The second-order valence-electron chi connectivity index (χ2n) is 4.72. The quantitative estimate of drug-likeness (QED) is 0.624. The van der Waals surface area contributed by atoms with E-state index >= 15 is 0 Å². The Morgan fingerprint density at radius 3 is 2.33 bits per heavy atom. The molecule has 0 aromatic heterocycles. The first-order chi connectivity index (χ1) is 5.66. The number of aliphatic hydroxyl groups excluding tert-OH is 1. The molecule has 0 aromatic rings. The fourth-order valence-corrected chi connectivity index (χ4v) is 2.52. The van der Waals surface area contributed by atoms with E-state index in [1.165, 1.54) is 24.8 Å². The first kappa shape index (κ1) is 8.31. The van der Waals surface area contributed by atoms with E-state index in [2.05, 4.69) is 13.8 Å². The molecule has 0 aromatic carbocycles. The van der Waals surface area contributed by atoms with Crippen molar-refractivity contribution in [2.75, 3.05) is 0 Å². The molecule has 2 fully saturated rings. The number of hydrogen-bond donors (Lipinski definition) is 1. The van der Waals surface area contributed by atoms with Crippen LogP contribution in [0.5, 0.6) is 0 Å². The molecule has 2 aliphatic carbocycles. The van der Waals surface area contributed by atoms with Gasteiger partial charge in [-0.1, -0.05) is 11.6 Å². The lowest BCUT2D eigenvalue weighted by molar-refractivity contribution is 0.147. The molecule has 1 nitrogen and oxygen atoms in total. The summed E-state index contributed by atoms with van der Waals surface area (Å²) in [6.45, 7) is 4.11. The van der Waals surface area contributed by atoms with Crippen molar-refractivity contribution in [3.05, 3.63) is 11.6 Å². The first-order valence-corrected chi connectivity index (χ1v) is 5.00. The fraction of sp³-hybridized carbons (Fsp3) is 0.818. The summed E-state index contributed by atoms with van der Waals surface area (Å²) in [5, 5.41) is 9.78. The van der Waals surface area contributed by atoms with Gasteiger partial charge in [0, 0.05) is 0 Å². The molecule has 0 aliphatic heterocycles. The van der Waals surface area contributed by atoms with Gasteiger partial charge in [-0.25, -0.2) is 0 Å². The van der Waals surface area contributed by atoms with Crippen molar-refractivity contribution in [1.82, 2.24) is 0 Å². The molecular weight excluding hydrogens is 148 g/mol. The van der Waals surface area contributed by atoms with Gasteiger partial charge in [-0.3, -0.25) is 0 Å². The van der Waals surface area contributed by atoms with E-state index < -0.39 is 0 Å². The van der Waals surface area contributed by atoms with Crippen LogP contribution in [0.25, 0.3) is 0 Å². The van der Waals surface area contributed by atoms with Crippen molar-refractivity contribution in [3.63, 3.8) is 0 Å². The van der Waals surface area contributed by atoms with Crippen molar-refractivity contribution in [2.45, 2.75) is 39.2 Å². The van der Waals surface area contributed by atoms with Crippen LogP contribution in [0.3, 0.4) is 0 Å². The molecule has 3 atom stereocenters. The van der Waals surface area contributed by atoms with Crippen LogP contribution in [0, 0.1) is 17.8 Å². The van der Waals surface area contributed by atoms with Crippen molar-refractivity contribution in [3.8, 4) is 0 Å². The van der Waals surface area contributed by atoms with Crippen LogP contribution in [0.4, 0.5) is 0 Å². The van der Waals surface area contributed by atoms with Crippen molar-refractivity contribution in [1.29, 1.82) is 0 Å². The van der Waals surface area contributed by atoms with Gasteiger partial charge in [0.1, 0.15) is 0 Å². The summed E-state index contributed by atoms with van der Waals surface area (Å²) in [4.78, 5) is 0. The zero-order chi connectivity index (χ0) is 8.72. The molecule has 2 aliphatic rings. The molecule has 0 heterocycles. The molecule has 68 valence electrons. The van der Waals surface area contributed by atoms with Crippen LogP contribution < -0.4 is 0 Å². The summed E-state index contributed by atoms with van der Waals surface area (Å²) >= 11 is 0. The maximum absolute atomic E-state index is 9.78. The molecule has 0 amide bonds. The zero-order valence-corrected chi connectivity index (χ0v) is 7.96. The predicted octanol–water partition coefficient (Wildman–Crippen LogP) is 2.36. The van der Waals surface area contributed by atoms with Gasteiger partial charge in [0.25, 0.3) is 0 Å². The number of fused-ring (bicyclic) bond motifs is 1. The Balaban J connectivity index is 1.88. The Hall–Kier alpha value is -0.300. The Labute approximate surface area is 74.5 Å². The molecule has 1 N–H and O–H groups in total. The lowest BCUT2D eigenvalue weighted by atomic mass is 9.95. The lowest BCUT2D eigenvalue weighted by Gasteiger charge is -2.16. The normalized spacial score (nSPS) is 40.4. The third kappa shape index (κ3) is 1.56. The summed E-state index contributed by atoms with van der Waals surface area (Å²) in [5.74, 6) is 2.54. The van der Waals surface area contributed by atoms with Gasteiger partial charge < -0.3 is 5.11 Å². The molecular formula is C11H18O. The van der Waals surface area contributed by atoms with Crippen LogP contribution in [0.1, 0.15) is 33.1 Å². The molecule has 0 spiro atoms. The highest BCUT2D eigenvalue weighted by molar-refractivity contribution is 5.05. The Morgan fingerprint density at radius 2 is 1.83 bits per heavy atom. The molecule has 0 saturated heterocycles. The third-order valence-corrected chi connectivity index (χ3v) is 3.27. The largest absolute Gasteiger partial charge is 0.389 e. The van der Waals surface area contributed by atoms with Crippen LogP contribution >= 0.6 is 0 Å². The van der Waals surface area contributed by atoms with E-state index in [0.29, 0.717) is 5.92 Å². The highest BCUT2D eigenvalue weighted by Crippen LogP contribution is 2.55. The SMILES string of the molecule is CC(C)=CC(O)C1CC2CC2C1. The lowest BCUT2D eigenvalue weighted by Crippen LogP contribution is -2.16. The van der Waals surface area contributed by atoms with Crippen molar-refractivity contribution < 1.29 is 5.11 Å². The monoisotopic (exact) mass is 166 g/mol. The summed E-state index contributed by atoms with van der Waals surface area (Å²) in [6.07, 6.45) is 5.83. The van der Waals surface area contributed by atoms with E-state index in [0.717, 1.165) is 11.8 Å². The topological polar surface area (TPSA) is 20.2 Å². The number of hydrogen-bond acceptors (Lipinski definition) is 1. The van der Waals surface area contributed by atoms with Gasteiger partial charge in [0.15, 0.2) is 0 Å². The Bertz CT molecular complexity index is 193. The second kappa shape index (κ2) is 2.88. The molecule has 0 radical (unpaired) electrons. The van der Waals surface area contributed by atoms with E-state index in [4.69, 9.17) is 0 Å². The molecule has 2 saturated carbocycles. The number of allylic oxidation sites excluding steroid dienone is 1. The van der Waals surface area contributed by atoms with Gasteiger partial charge in [0.2, 0.25) is 0 Å². The fourth-order valence-electron chi connectivity index (χ4n) is 2.52. The molecule has 12 heavy (non-hydrogen) atoms. The summed E-state index contributed by atoms with van der Waals surface area (Å²) in [7, 11) is 0. The van der Waals surface area contributed by atoms with E-state index in [1.54, 1.807) is 0 Å². The van der Waals surface area contributed by atoms with Gasteiger partial charge in [-0.2, -0.15) is 0 Å². The molecule has 3 unspecified atom stereocenters. The highest BCUT2D eigenvalue weighted by Gasteiger charge is 2.47. The maximum Gasteiger partial charge on any atom is 0.0751 e. The van der Waals surface area contributed by atoms with Crippen LogP contribution in [-0.2, 0) is 0 Å². The van der Waals surface area contributed by atoms with Crippen LogP contribution in [0.2, 0.25) is 0 Å². The third-order valence-electron chi connectivity index (χ3n) is 3.27. The van der Waals surface area contributed by atoms with Gasteiger partial charge in [0.05, 0.1) is 6.10 Å². The minimum Gasteiger partial charge on any atom is -0.389 e. The Kier molecular flexibility index (Phi) is 1.99. The number of aliphatic hydroxyl groups is 1. The van der Waals surface area contributed by atoms with Crippen molar-refractivity contribution in [2.24, 2.45) is 17.8 Å². The average Bonchev–Trinajstić information content (AvgIpc) is 2.57. The standard InChI is InChI=1S/C11H18O/c1-7(2)3-11(12)10-5-8-4-9(8)6-10/h3,8-12H,4-6H2,1-2H3. The summed E-state index contributed by atoms with van der Waals surface area (Å²) in [5.41, 5.74) is 1.24. The second-order valence-corrected chi connectivity index (χ2v) is 4.72. The van der Waals surface area contributed by atoms with Gasteiger partial charge in [-0.15, -0.1) is 0 Å². The minimum atomic E-state index is -0.164. The summed E-state index contributed by atoms with van der Waals surface area (Å²) in [6, 6.07) is 0. The van der Waals surface area contributed by atoms with E-state index in [-0.39, 0.29) is 6.10 Å². The maximum atomic E-state index is 9.78. The van der Waals surface area contributed by atoms with Crippen LogP contribution in [-0.4, -0.2) is 11.2 Å². The van der Waals surface area contributed by atoms with E-state index in [9.17, 15) is 5.11 Å². The zero-order valence-electron chi connectivity index (χ0n) is 7.96. The Morgan fingerprint density at radius 1 is 1.25 bits per heavy atom. The number of rotatable bonds is 2. The van der Waals surface area contributed by atoms with E-state index in [1.807, 2.05) is 6.08 Å². The predicted molar refractivity (Wildman–Crippen MR) is 49.8 cm³/mol. The first-order valence-electron chi connectivity index (χ1n) is 5.00. The molecule has 1 heteroatoms. The van der Waals surface area contributed by atoms with Gasteiger partial charge >= 0.3 is 0 Å². The minimum absolute atomic E-state index is 0.164. The highest BCUT2D eigenvalue weighted by atomic mass is 16.3. The van der Waals surface area contributed by atoms with Gasteiger partial charge in [-0.05, 0) is 50.9 Å². The van der Waals surface area contributed by atoms with Crippen LogP contribution in [0.15, 0.2) is 11.6 Å². The smallest absolute Gasteiger partial charge is 0.0751 e. The molecule has 2 rings (SSSR count). The average molecular weight is 166 g/mol.